The van der Waals surface area contributed by atoms with Crippen LogP contribution in [-0.4, -0.2) is 175 Å². The van der Waals surface area contributed by atoms with E-state index in [1.54, 1.807) is 0 Å². The zero-order chi connectivity index (χ0) is 100. The molecule has 0 bridgehead atoms. The number of ether oxygens (including phenoxy) is 4. The molecule has 0 spiro atoms. The molecule has 12 atom stereocenters. The van der Waals surface area contributed by atoms with Crippen molar-refractivity contribution in [1.82, 2.24) is 17.6 Å². The van der Waals surface area contributed by atoms with Gasteiger partial charge in [-0.2, -0.15) is 0 Å². The number of fused-ring (bicyclic) bond motifs is 12. The molecule has 0 radical (unpaired) electrons. The van der Waals surface area contributed by atoms with E-state index in [-0.39, 0.29) is 193 Å². The molecule has 8 fully saturated rings. The molecule has 0 aromatic heterocycles. The van der Waals surface area contributed by atoms with Crippen molar-refractivity contribution in [1.29, 1.82) is 0 Å². The Bertz CT molecular complexity index is 7140. The lowest BCUT2D eigenvalue weighted by Gasteiger charge is -2.49. The van der Waals surface area contributed by atoms with Crippen LogP contribution in [0.15, 0.2) is 153 Å². The Hall–Kier alpha value is -6.42. The van der Waals surface area contributed by atoms with E-state index in [1.165, 1.54) is 110 Å². The topological polar surface area (TPSA) is 332 Å². The summed E-state index contributed by atoms with van der Waals surface area (Å²) in [5.74, 6) is -14.1. The molecule has 8 aromatic rings. The number of benzene rings is 8. The fourth-order valence-electron chi connectivity index (χ4n) is 22.9. The molecule has 7 aliphatic heterocycles. The number of sulfone groups is 4. The van der Waals surface area contributed by atoms with E-state index in [1.807, 2.05) is 0 Å². The molecule has 12 aliphatic rings. The van der Waals surface area contributed by atoms with Crippen LogP contribution in [0.1, 0.15) is 144 Å². The Morgan fingerprint density at radius 2 is 0.543 bits per heavy atom. The van der Waals surface area contributed by atoms with Gasteiger partial charge in [0.15, 0.2) is 97.3 Å². The van der Waals surface area contributed by atoms with Crippen molar-refractivity contribution >= 4 is 149 Å². The maximum absolute atomic E-state index is 15.6. The molecule has 7 heterocycles. The number of nitrogens with zero attached hydrogens (tertiary/aromatic N) is 3. The molecule has 46 heteroatoms. The van der Waals surface area contributed by atoms with Gasteiger partial charge in [-0.25, -0.2) is 120 Å². The molecule has 3 saturated heterocycles. The highest BCUT2D eigenvalue weighted by Gasteiger charge is 2.66. The van der Waals surface area contributed by atoms with Crippen molar-refractivity contribution < 1.29 is 121 Å². The standard InChI is InChI=1S/C24H25Cl2F2NO5S2.C24H26ClF2NO5S2.C23H23Cl2F2NO5S2.C23H24ClF2NO5S2/c25-17-3-5-18(6-4-17)36(32,33)24-8-7-15(14-35(30,31)29-9-1-2-10-29)11-16(24)13-34-23-20(27)12-19(26)22(28)21(23)24;25-18-3-5-19(6-4-18)35(31,32)24-10-9-16(15-34(29,30)28-11-1-2-12-28)13-17(24)14-33-23-21(27)8-7-20(26)22(23)24;24-16-2-4-17(5-3-16)35(31,32)23-7-6-14(13-34(29,30)28-8-1-9-28)10-15(23)12-33-22-19(26)11-18(25)21(27)20(22)23;24-16-1-5-18(6-2-16)34(30,31)23-10-9-14(13-33(28,29)27-17-3-4-17)11-15(23)12-32-22-20(26)8-7-19(25)21(22)23/h3-6,12,15-16H,1-2,7-11,13-14H2;3-8,16-17H,1-2,9-15H2;2-5,11,14-15H,1,6-10,12-13H2;1-2,5-8,14-15,17,27H,3-4,9-13H2/t15-,16-,24+;16-,17-,24+;2*14-,15-,23+/m1111/s1. The molecular weight excluding hydrogens is 2130 g/mol. The Morgan fingerprint density at radius 1 is 0.300 bits per heavy atom. The van der Waals surface area contributed by atoms with Crippen LogP contribution in [0.2, 0.25) is 30.1 Å². The predicted octanol–water partition coefficient (Wildman–Crippen LogP) is 18.7. The molecule has 0 unspecified atom stereocenters. The van der Waals surface area contributed by atoms with Crippen molar-refractivity contribution in [2.24, 2.45) is 47.3 Å². The maximum Gasteiger partial charge on any atom is 0.214 e. The third kappa shape index (κ3) is 19.2. The van der Waals surface area contributed by atoms with Gasteiger partial charge in [0, 0.05) is 89.1 Å². The van der Waals surface area contributed by atoms with E-state index >= 15 is 17.6 Å². The second kappa shape index (κ2) is 40.0. The van der Waals surface area contributed by atoms with Gasteiger partial charge in [0.1, 0.15) is 30.6 Å². The second-order valence-corrected chi connectivity index (χ2v) is 57.4. The summed E-state index contributed by atoms with van der Waals surface area (Å²) < 4.78 is 359. The van der Waals surface area contributed by atoms with Gasteiger partial charge in [-0.1, -0.05) is 69.6 Å². The van der Waals surface area contributed by atoms with Crippen LogP contribution in [0.5, 0.6) is 23.0 Å². The highest BCUT2D eigenvalue weighted by molar-refractivity contribution is 7.94. The van der Waals surface area contributed by atoms with Crippen molar-refractivity contribution in [3.8, 4) is 23.0 Å². The summed E-state index contributed by atoms with van der Waals surface area (Å²) in [4.78, 5) is -0.287. The first-order valence-corrected chi connectivity index (χ1v) is 60.5. The highest BCUT2D eigenvalue weighted by atomic mass is 35.5. The number of hydrogen-bond donors (Lipinski definition) is 1. The number of sulfonamides is 4. The number of nitrogens with one attached hydrogen (secondary N) is 1. The van der Waals surface area contributed by atoms with Gasteiger partial charge >= 0.3 is 0 Å². The van der Waals surface area contributed by atoms with Crippen molar-refractivity contribution in [2.45, 2.75) is 167 Å². The van der Waals surface area contributed by atoms with Crippen molar-refractivity contribution in [2.75, 3.05) is 88.7 Å². The van der Waals surface area contributed by atoms with E-state index in [2.05, 4.69) is 4.72 Å². The lowest BCUT2D eigenvalue weighted by molar-refractivity contribution is 0.103. The van der Waals surface area contributed by atoms with Crippen molar-refractivity contribution in [3.05, 3.63) is 232 Å². The average Bonchev–Trinajstić information content (AvgIpc) is 1.23. The van der Waals surface area contributed by atoms with Gasteiger partial charge in [0.25, 0.3) is 0 Å². The molecule has 140 heavy (non-hydrogen) atoms. The third-order valence-electron chi connectivity index (χ3n) is 29.8. The minimum Gasteiger partial charge on any atom is -0.490 e. The Morgan fingerprint density at radius 3 is 0.800 bits per heavy atom. The monoisotopic (exact) mass is 2220 g/mol. The minimum absolute atomic E-state index is 0.0278. The Kier molecular flexibility index (Phi) is 30.0. The average molecular weight is 2230 g/mol. The zero-order valence-electron chi connectivity index (χ0n) is 74.8. The maximum atomic E-state index is 15.6. The van der Waals surface area contributed by atoms with E-state index in [9.17, 15) is 84.9 Å². The summed E-state index contributed by atoms with van der Waals surface area (Å²) in [6.07, 6.45) is 6.98. The molecule has 0 amide bonds. The summed E-state index contributed by atoms with van der Waals surface area (Å²) in [7, 11) is -31.1. The first kappa shape index (κ1) is 105. The van der Waals surface area contributed by atoms with E-state index in [0.29, 0.717) is 59.4 Å². The van der Waals surface area contributed by atoms with E-state index in [0.717, 1.165) is 81.3 Å². The lowest BCUT2D eigenvalue weighted by Crippen LogP contribution is -2.53. The number of rotatable bonds is 21. The molecule has 5 saturated carbocycles. The predicted molar refractivity (Wildman–Crippen MR) is 511 cm³/mol. The summed E-state index contributed by atoms with van der Waals surface area (Å²) >= 11 is 35.8. The Balaban J connectivity index is 0.000000129. The summed E-state index contributed by atoms with van der Waals surface area (Å²) in [5, 5.41) is 0.253. The van der Waals surface area contributed by atoms with Gasteiger partial charge in [-0.3, -0.25) is 0 Å². The normalized spacial score (nSPS) is 26.9. The molecule has 24 nitrogen and oxygen atoms in total. The summed E-state index contributed by atoms with van der Waals surface area (Å²) in [5.41, 5.74) is -1.45. The highest BCUT2D eigenvalue weighted by Crippen LogP contribution is 2.64. The van der Waals surface area contributed by atoms with E-state index < -0.39 is 207 Å². The summed E-state index contributed by atoms with van der Waals surface area (Å²) in [6, 6.07) is 27.4. The first-order valence-electron chi connectivity index (χ1n) is 45.8. The van der Waals surface area contributed by atoms with Crippen LogP contribution < -0.4 is 23.7 Å². The quantitative estimate of drug-likeness (QED) is 0.0516. The van der Waals surface area contributed by atoms with Crippen LogP contribution in [0.25, 0.3) is 0 Å². The first-order chi connectivity index (χ1) is 66.0. The number of halogens is 14. The van der Waals surface area contributed by atoms with Gasteiger partial charge in [-0.15, -0.1) is 0 Å². The second-order valence-electron chi connectivity index (χ2n) is 38.1. The fourth-order valence-corrected chi connectivity index (χ4v) is 40.8. The van der Waals surface area contributed by atoms with Crippen LogP contribution in [-0.2, 0) is 98.4 Å². The van der Waals surface area contributed by atoms with Gasteiger partial charge in [0.05, 0.1) is 101 Å². The molecule has 1 N–H and O–H groups in total. The third-order valence-corrected chi connectivity index (χ3v) is 49.5. The number of hydrogen-bond acceptors (Lipinski definition) is 20. The summed E-state index contributed by atoms with van der Waals surface area (Å²) in [6.45, 7) is 2.20. The smallest absolute Gasteiger partial charge is 0.214 e. The molecule has 760 valence electrons. The van der Waals surface area contributed by atoms with Crippen LogP contribution in [0, 0.1) is 93.9 Å². The SMILES string of the molecule is O=S(=O)(C[C@@H]1CC[C@@]2(S(=O)(=O)c3ccc(Cl)cc3)c3c(F)c(Cl)cc(F)c3OC[C@H]2C1)N1CCC1.O=S(=O)(C[C@@H]1CC[C@@]2(S(=O)(=O)c3ccc(Cl)cc3)c3c(F)c(Cl)cc(F)c3OC[C@H]2C1)N1CCCC1.O=S(=O)(C[C@@H]1CC[C@@]2(S(=O)(=O)c3ccc(Cl)cc3)c3c(F)ccc(F)c3OC[C@H]2C1)N1CCCC1.O=S(=O)(C[C@@H]1CC[C@@]2(S(=O)(=O)c3ccc(Cl)cc3)c3c(F)ccc(F)c3OC[C@H]2C1)NC1CC1. The van der Waals surface area contributed by atoms with Crippen molar-refractivity contribution in [3.63, 3.8) is 0 Å². The molecule has 5 aliphatic carbocycles. The fraction of sp³-hybridized carbons (Fsp3) is 0.489. The molecular formula is C94H98Cl6F8N4O20S8. The zero-order valence-corrected chi connectivity index (χ0v) is 85.9. The van der Waals surface area contributed by atoms with Gasteiger partial charge in [0.2, 0.25) is 40.1 Å². The van der Waals surface area contributed by atoms with E-state index in [4.69, 9.17) is 88.6 Å². The molecule has 8 aromatic carbocycles. The largest absolute Gasteiger partial charge is 0.490 e. The van der Waals surface area contributed by atoms with Crippen LogP contribution >= 0.6 is 69.6 Å². The van der Waals surface area contributed by atoms with Crippen LogP contribution in [0.3, 0.4) is 0 Å². The van der Waals surface area contributed by atoms with Crippen LogP contribution in [0.4, 0.5) is 35.1 Å². The van der Waals surface area contributed by atoms with Gasteiger partial charge < -0.3 is 18.9 Å². The Labute approximate surface area is 839 Å². The minimum atomic E-state index is -4.32. The molecule has 20 rings (SSSR count). The van der Waals surface area contributed by atoms with Gasteiger partial charge in [-0.05, 0) is 279 Å². The lowest BCUT2D eigenvalue weighted by atomic mass is 9.69.